The number of benzene rings is 1. The summed E-state index contributed by atoms with van der Waals surface area (Å²) in [5, 5.41) is 11.6. The third-order valence-electron chi connectivity index (χ3n) is 4.11. The van der Waals surface area contributed by atoms with Crippen LogP contribution in [0.1, 0.15) is 23.3 Å². The first-order chi connectivity index (χ1) is 12.7. The number of carbonyl (C=O) groups is 1. The number of rotatable bonds is 6. The second kappa shape index (κ2) is 9.35. The lowest BCUT2D eigenvalue weighted by Gasteiger charge is -2.13. The van der Waals surface area contributed by atoms with E-state index in [2.05, 4.69) is 32.4 Å². The van der Waals surface area contributed by atoms with Gasteiger partial charge in [-0.05, 0) is 42.0 Å². The van der Waals surface area contributed by atoms with Gasteiger partial charge in [-0.1, -0.05) is 18.2 Å². The van der Waals surface area contributed by atoms with E-state index in [4.69, 9.17) is 4.74 Å². The van der Waals surface area contributed by atoms with Gasteiger partial charge in [0.05, 0.1) is 6.54 Å². The molecule has 2 aromatic rings. The Morgan fingerprint density at radius 1 is 1.27 bits per heavy atom. The number of aliphatic imine (C=N–C) groups is 1. The van der Waals surface area contributed by atoms with Gasteiger partial charge in [0.2, 0.25) is 0 Å². The fraction of sp³-hybridized carbons (Fsp3) is 0.368. The Bertz CT molecular complexity index is 740. The number of ether oxygens (including phenoxy) is 1. The smallest absolute Gasteiger partial charge is 0.253 e. The van der Waals surface area contributed by atoms with Crippen molar-refractivity contribution in [2.24, 2.45) is 4.99 Å². The minimum absolute atomic E-state index is 0.0685. The Kier molecular flexibility index (Phi) is 6.62. The van der Waals surface area contributed by atoms with Crippen LogP contribution in [0.25, 0.3) is 0 Å². The number of thiophene rings is 1. The lowest BCUT2D eigenvalue weighted by molar-refractivity contribution is -0.124. The third-order valence-corrected chi connectivity index (χ3v) is 4.99. The molecule has 138 valence electrons. The van der Waals surface area contributed by atoms with Gasteiger partial charge in [-0.2, -0.15) is 0 Å². The van der Waals surface area contributed by atoms with Gasteiger partial charge in [0.1, 0.15) is 6.10 Å². The first-order valence-electron chi connectivity index (χ1n) is 8.73. The van der Waals surface area contributed by atoms with E-state index in [1.807, 2.05) is 30.3 Å². The van der Waals surface area contributed by atoms with Gasteiger partial charge < -0.3 is 20.7 Å². The van der Waals surface area contributed by atoms with Crippen LogP contribution < -0.4 is 16.0 Å². The molecule has 1 aromatic heterocycles. The molecular weight excluding hydrogens is 348 g/mol. The molecule has 3 N–H and O–H groups in total. The summed E-state index contributed by atoms with van der Waals surface area (Å²) in [5.74, 6) is 0.674. The van der Waals surface area contributed by atoms with E-state index in [0.717, 1.165) is 36.6 Å². The van der Waals surface area contributed by atoms with Crippen molar-refractivity contribution >= 4 is 28.9 Å². The van der Waals surface area contributed by atoms with E-state index in [0.29, 0.717) is 13.2 Å². The van der Waals surface area contributed by atoms with Crippen LogP contribution in [-0.4, -0.2) is 31.6 Å². The molecule has 3 rings (SSSR count). The molecule has 1 aliphatic heterocycles. The largest absolute Gasteiger partial charge is 0.368 e. The monoisotopic (exact) mass is 372 g/mol. The second-order valence-electron chi connectivity index (χ2n) is 6.05. The number of hydrogen-bond acceptors (Lipinski definition) is 4. The van der Waals surface area contributed by atoms with Crippen molar-refractivity contribution in [3.05, 3.63) is 52.2 Å². The quantitative estimate of drug-likeness (QED) is 0.538. The van der Waals surface area contributed by atoms with Crippen molar-refractivity contribution < 1.29 is 9.53 Å². The average molecular weight is 372 g/mol. The minimum Gasteiger partial charge on any atom is -0.368 e. The molecule has 1 saturated heterocycles. The number of anilines is 1. The molecule has 26 heavy (non-hydrogen) atoms. The fourth-order valence-electron chi connectivity index (χ4n) is 2.76. The van der Waals surface area contributed by atoms with Gasteiger partial charge in [-0.15, -0.1) is 11.3 Å². The molecule has 1 fully saturated rings. The normalized spacial score (nSPS) is 17.1. The van der Waals surface area contributed by atoms with Crippen LogP contribution in [0.15, 0.2) is 46.8 Å². The molecular formula is C19H24N4O2S. The molecule has 1 aliphatic rings. The van der Waals surface area contributed by atoms with Crippen molar-refractivity contribution in [3.63, 3.8) is 0 Å². The molecule has 6 nitrogen and oxygen atoms in total. The van der Waals surface area contributed by atoms with E-state index >= 15 is 0 Å². The lowest BCUT2D eigenvalue weighted by atomic mass is 10.2. The van der Waals surface area contributed by atoms with Crippen LogP contribution in [0.3, 0.4) is 0 Å². The van der Waals surface area contributed by atoms with Gasteiger partial charge in [0, 0.05) is 30.8 Å². The zero-order valence-electron chi connectivity index (χ0n) is 14.8. The summed E-state index contributed by atoms with van der Waals surface area (Å²) >= 11 is 1.71. The molecule has 0 spiro atoms. The molecule has 2 heterocycles. The number of carbonyl (C=O) groups excluding carboxylic acids is 1. The summed E-state index contributed by atoms with van der Waals surface area (Å²) in [7, 11) is 1.75. The van der Waals surface area contributed by atoms with Crippen molar-refractivity contribution in [2.75, 3.05) is 19.0 Å². The predicted molar refractivity (Wildman–Crippen MR) is 105 cm³/mol. The summed E-state index contributed by atoms with van der Waals surface area (Å²) in [6, 6.07) is 11.9. The number of nitrogens with one attached hydrogen (secondary N) is 3. The van der Waals surface area contributed by atoms with E-state index in [-0.39, 0.29) is 12.0 Å². The van der Waals surface area contributed by atoms with Crippen LogP contribution >= 0.6 is 11.3 Å². The molecule has 1 aromatic carbocycles. The van der Waals surface area contributed by atoms with Crippen LogP contribution in [0.4, 0.5) is 5.69 Å². The second-order valence-corrected chi connectivity index (χ2v) is 7.08. The maximum Gasteiger partial charge on any atom is 0.253 e. The number of guanidine groups is 1. The van der Waals surface area contributed by atoms with Gasteiger partial charge in [0.15, 0.2) is 5.96 Å². The van der Waals surface area contributed by atoms with Gasteiger partial charge in [0.25, 0.3) is 5.91 Å². The zero-order chi connectivity index (χ0) is 18.2. The number of amides is 1. The molecule has 0 saturated carbocycles. The van der Waals surface area contributed by atoms with Crippen molar-refractivity contribution in [3.8, 4) is 0 Å². The van der Waals surface area contributed by atoms with Crippen LogP contribution in [-0.2, 0) is 22.6 Å². The highest BCUT2D eigenvalue weighted by Gasteiger charge is 2.23. The Balaban J connectivity index is 1.50. The maximum absolute atomic E-state index is 12.2. The summed E-state index contributed by atoms with van der Waals surface area (Å²) < 4.78 is 5.42. The first-order valence-corrected chi connectivity index (χ1v) is 9.61. The van der Waals surface area contributed by atoms with Crippen molar-refractivity contribution in [1.82, 2.24) is 10.6 Å². The fourth-order valence-corrected chi connectivity index (χ4v) is 3.40. The lowest BCUT2D eigenvalue weighted by Crippen LogP contribution is -2.36. The van der Waals surface area contributed by atoms with Crippen LogP contribution in [0, 0.1) is 0 Å². The highest BCUT2D eigenvalue weighted by molar-refractivity contribution is 7.09. The number of nitrogens with zero attached hydrogens (tertiary/aromatic N) is 1. The van der Waals surface area contributed by atoms with E-state index in [1.165, 1.54) is 4.88 Å². The molecule has 0 bridgehead atoms. The molecule has 1 amide bonds. The molecule has 1 atom stereocenters. The van der Waals surface area contributed by atoms with Crippen LogP contribution in [0.2, 0.25) is 0 Å². The predicted octanol–water partition coefficient (Wildman–Crippen LogP) is 2.73. The Labute approximate surface area is 157 Å². The highest BCUT2D eigenvalue weighted by Crippen LogP contribution is 2.16. The van der Waals surface area contributed by atoms with E-state index < -0.39 is 0 Å². The van der Waals surface area contributed by atoms with Gasteiger partial charge in [-0.3, -0.25) is 9.79 Å². The standard InChI is InChI=1S/C19H24N4O2S/c1-20-19(22-13-16-7-4-10-26-16)21-12-14-5-2-6-15(11-14)23-18(24)17-8-3-9-25-17/h2,4-7,10-11,17H,3,8-9,12-13H2,1H3,(H,23,24)(H2,20,21,22). The SMILES string of the molecule is CN=C(NCc1cccc(NC(=O)C2CCCO2)c1)NCc1cccs1. The third kappa shape index (κ3) is 5.31. The Morgan fingerprint density at radius 2 is 2.15 bits per heavy atom. The Hall–Kier alpha value is -2.38. The molecule has 1 unspecified atom stereocenters. The molecule has 7 heteroatoms. The summed E-state index contributed by atoms with van der Waals surface area (Å²) in [6.07, 6.45) is 1.41. The van der Waals surface area contributed by atoms with Gasteiger partial charge >= 0.3 is 0 Å². The number of hydrogen-bond donors (Lipinski definition) is 3. The summed E-state index contributed by atoms with van der Waals surface area (Å²) in [4.78, 5) is 17.7. The molecule has 0 aliphatic carbocycles. The van der Waals surface area contributed by atoms with E-state index in [9.17, 15) is 4.79 Å². The topological polar surface area (TPSA) is 74.8 Å². The minimum atomic E-state index is -0.322. The average Bonchev–Trinajstić information content (AvgIpc) is 3.36. The van der Waals surface area contributed by atoms with E-state index in [1.54, 1.807) is 18.4 Å². The highest BCUT2D eigenvalue weighted by atomic mass is 32.1. The Morgan fingerprint density at radius 3 is 2.88 bits per heavy atom. The summed E-state index contributed by atoms with van der Waals surface area (Å²) in [6.45, 7) is 2.03. The van der Waals surface area contributed by atoms with Gasteiger partial charge in [-0.25, -0.2) is 0 Å². The summed E-state index contributed by atoms with van der Waals surface area (Å²) in [5.41, 5.74) is 1.85. The first kappa shape index (κ1) is 18.4. The van der Waals surface area contributed by atoms with Crippen LogP contribution in [0.5, 0.6) is 0 Å². The molecule has 0 radical (unpaired) electrons. The van der Waals surface area contributed by atoms with Crippen molar-refractivity contribution in [2.45, 2.75) is 32.0 Å². The van der Waals surface area contributed by atoms with Crippen molar-refractivity contribution in [1.29, 1.82) is 0 Å². The maximum atomic E-state index is 12.2. The zero-order valence-corrected chi connectivity index (χ0v) is 15.6.